The smallest absolute Gasteiger partial charge is 0.234 e. The summed E-state index contributed by atoms with van der Waals surface area (Å²) < 4.78 is 19.7. The number of ether oxygens (including phenoxy) is 3. The molecule has 5 nitrogen and oxygen atoms in total. The molecule has 2 rings (SSSR count). The van der Waals surface area contributed by atoms with Crippen molar-refractivity contribution in [3.05, 3.63) is 17.4 Å². The van der Waals surface area contributed by atoms with Gasteiger partial charge in [-0.05, 0) is 35.3 Å². The van der Waals surface area contributed by atoms with Crippen LogP contribution in [-0.2, 0) is 0 Å². The minimum Gasteiger partial charge on any atom is -0.493 e. The third-order valence-corrected chi connectivity index (χ3v) is 3.35. The molecule has 18 heavy (non-hydrogen) atoms. The molecule has 1 aromatic carbocycles. The van der Waals surface area contributed by atoms with Crippen molar-refractivity contribution in [2.75, 3.05) is 21.3 Å². The normalized spacial score (nSPS) is 10.2. The fourth-order valence-corrected chi connectivity index (χ4v) is 2.32. The maximum Gasteiger partial charge on any atom is 0.234 e. The lowest BCUT2D eigenvalue weighted by Gasteiger charge is -2.12. The molecule has 0 aliphatic rings. The molecule has 1 heterocycles. The van der Waals surface area contributed by atoms with E-state index in [1.54, 1.807) is 33.5 Å². The molecular weight excluding hydrogens is 276 g/mol. The van der Waals surface area contributed by atoms with Crippen LogP contribution in [0.2, 0.25) is 5.28 Å². The van der Waals surface area contributed by atoms with Crippen molar-refractivity contribution in [1.29, 1.82) is 0 Å². The van der Waals surface area contributed by atoms with Gasteiger partial charge in [0.1, 0.15) is 5.01 Å². The van der Waals surface area contributed by atoms with E-state index in [9.17, 15) is 0 Å². The van der Waals surface area contributed by atoms with Crippen molar-refractivity contribution in [2.24, 2.45) is 0 Å². The van der Waals surface area contributed by atoms with Crippen molar-refractivity contribution < 1.29 is 14.2 Å². The summed E-state index contributed by atoms with van der Waals surface area (Å²) in [6, 6.07) is 3.61. The molecule has 0 unspecified atom stereocenters. The van der Waals surface area contributed by atoms with E-state index < -0.39 is 0 Å². The van der Waals surface area contributed by atoms with E-state index in [2.05, 4.69) is 9.36 Å². The lowest BCUT2D eigenvalue weighted by Crippen LogP contribution is -1.95. The Balaban J connectivity index is 2.56. The van der Waals surface area contributed by atoms with Gasteiger partial charge in [-0.3, -0.25) is 0 Å². The number of aromatic nitrogens is 2. The van der Waals surface area contributed by atoms with Crippen LogP contribution in [0.5, 0.6) is 17.2 Å². The standard InChI is InChI=1S/C11H11ClN2O3S/c1-15-7-4-6(10-13-11(12)14-18-10)5-8(16-2)9(7)17-3/h4-5H,1-3H3. The van der Waals surface area contributed by atoms with Crippen molar-refractivity contribution >= 4 is 23.1 Å². The first-order valence-electron chi connectivity index (χ1n) is 4.99. The van der Waals surface area contributed by atoms with Gasteiger partial charge in [-0.15, -0.1) is 0 Å². The van der Waals surface area contributed by atoms with Gasteiger partial charge >= 0.3 is 0 Å². The molecule has 0 bridgehead atoms. The molecule has 0 saturated heterocycles. The van der Waals surface area contributed by atoms with Crippen LogP contribution in [-0.4, -0.2) is 30.7 Å². The minimum atomic E-state index is 0.226. The fourth-order valence-electron chi connectivity index (χ4n) is 1.53. The Hall–Kier alpha value is -1.53. The van der Waals surface area contributed by atoms with Gasteiger partial charge < -0.3 is 14.2 Å². The maximum absolute atomic E-state index is 5.72. The van der Waals surface area contributed by atoms with Gasteiger partial charge in [0.25, 0.3) is 0 Å². The van der Waals surface area contributed by atoms with E-state index in [4.69, 9.17) is 25.8 Å². The monoisotopic (exact) mass is 286 g/mol. The summed E-state index contributed by atoms with van der Waals surface area (Å²) >= 11 is 6.93. The number of methoxy groups -OCH3 is 3. The molecule has 7 heteroatoms. The van der Waals surface area contributed by atoms with Crippen LogP contribution in [0.1, 0.15) is 0 Å². The molecule has 0 spiro atoms. The van der Waals surface area contributed by atoms with Gasteiger partial charge in [-0.25, -0.2) is 4.98 Å². The summed E-state index contributed by atoms with van der Waals surface area (Å²) in [7, 11) is 4.68. The Bertz CT molecular complexity index is 534. The van der Waals surface area contributed by atoms with E-state index in [0.29, 0.717) is 22.3 Å². The molecule has 0 radical (unpaired) electrons. The molecule has 2 aromatic rings. The Labute approximate surface area is 113 Å². The van der Waals surface area contributed by atoms with Crippen LogP contribution in [0.25, 0.3) is 10.6 Å². The van der Waals surface area contributed by atoms with E-state index in [1.165, 1.54) is 11.5 Å². The zero-order valence-electron chi connectivity index (χ0n) is 10.1. The average molecular weight is 287 g/mol. The van der Waals surface area contributed by atoms with Gasteiger partial charge in [0, 0.05) is 5.56 Å². The number of benzene rings is 1. The van der Waals surface area contributed by atoms with Crippen LogP contribution >= 0.6 is 23.1 Å². The van der Waals surface area contributed by atoms with Crippen LogP contribution in [0.15, 0.2) is 12.1 Å². The van der Waals surface area contributed by atoms with E-state index in [1.807, 2.05) is 0 Å². The Kier molecular flexibility index (Phi) is 3.88. The first-order valence-corrected chi connectivity index (χ1v) is 6.14. The van der Waals surface area contributed by atoms with E-state index >= 15 is 0 Å². The molecular formula is C11H11ClN2O3S. The van der Waals surface area contributed by atoms with E-state index in [0.717, 1.165) is 5.56 Å². The predicted octanol–water partition coefficient (Wildman–Crippen LogP) is 2.88. The maximum atomic E-state index is 5.72. The highest BCUT2D eigenvalue weighted by Gasteiger charge is 2.15. The summed E-state index contributed by atoms with van der Waals surface area (Å²) in [5, 5.41) is 0.919. The lowest BCUT2D eigenvalue weighted by atomic mass is 10.2. The highest BCUT2D eigenvalue weighted by Crippen LogP contribution is 2.41. The fraction of sp³-hybridized carbons (Fsp3) is 0.273. The molecule has 0 saturated carbocycles. The zero-order chi connectivity index (χ0) is 13.1. The van der Waals surface area contributed by atoms with Crippen molar-refractivity contribution in [3.8, 4) is 27.8 Å². The first-order chi connectivity index (χ1) is 8.69. The molecule has 0 aliphatic heterocycles. The molecule has 0 N–H and O–H groups in total. The molecule has 0 aliphatic carbocycles. The molecule has 0 amide bonds. The van der Waals surface area contributed by atoms with Gasteiger partial charge in [0.05, 0.1) is 21.3 Å². The molecule has 96 valence electrons. The minimum absolute atomic E-state index is 0.226. The third kappa shape index (κ3) is 2.34. The number of rotatable bonds is 4. The van der Waals surface area contributed by atoms with Gasteiger partial charge in [0.15, 0.2) is 11.5 Å². The first kappa shape index (κ1) is 12.9. The SMILES string of the molecule is COc1cc(-c2nc(Cl)ns2)cc(OC)c1OC. The Morgan fingerprint density at radius 2 is 1.67 bits per heavy atom. The third-order valence-electron chi connectivity index (χ3n) is 2.31. The second-order valence-corrected chi connectivity index (χ2v) is 4.37. The molecule has 1 aromatic heterocycles. The van der Waals surface area contributed by atoms with Crippen LogP contribution in [0.3, 0.4) is 0 Å². The summed E-state index contributed by atoms with van der Waals surface area (Å²) in [5.74, 6) is 1.68. The average Bonchev–Trinajstić information content (AvgIpc) is 2.83. The van der Waals surface area contributed by atoms with Crippen molar-refractivity contribution in [3.63, 3.8) is 0 Å². The van der Waals surface area contributed by atoms with Gasteiger partial charge in [-0.1, -0.05) is 0 Å². The molecule has 0 atom stereocenters. The molecule has 0 fully saturated rings. The van der Waals surface area contributed by atoms with Crippen LogP contribution < -0.4 is 14.2 Å². The summed E-state index contributed by atoms with van der Waals surface area (Å²) in [5.41, 5.74) is 0.814. The van der Waals surface area contributed by atoms with Crippen molar-refractivity contribution in [1.82, 2.24) is 9.36 Å². The second-order valence-electron chi connectivity index (χ2n) is 3.28. The van der Waals surface area contributed by atoms with Crippen LogP contribution in [0, 0.1) is 0 Å². The highest BCUT2D eigenvalue weighted by molar-refractivity contribution is 7.09. The summed E-state index contributed by atoms with van der Waals surface area (Å²) in [6.45, 7) is 0. The Morgan fingerprint density at radius 1 is 1.06 bits per heavy atom. The number of nitrogens with zero attached hydrogens (tertiary/aromatic N) is 2. The number of hydrogen-bond acceptors (Lipinski definition) is 6. The quantitative estimate of drug-likeness (QED) is 0.865. The van der Waals surface area contributed by atoms with Gasteiger partial charge in [0.2, 0.25) is 11.0 Å². The lowest BCUT2D eigenvalue weighted by molar-refractivity contribution is 0.324. The summed E-state index contributed by atoms with van der Waals surface area (Å²) in [4.78, 5) is 4.11. The zero-order valence-corrected chi connectivity index (χ0v) is 11.6. The van der Waals surface area contributed by atoms with Crippen molar-refractivity contribution in [2.45, 2.75) is 0 Å². The van der Waals surface area contributed by atoms with Crippen LogP contribution in [0.4, 0.5) is 0 Å². The Morgan fingerprint density at radius 3 is 2.06 bits per heavy atom. The highest BCUT2D eigenvalue weighted by atomic mass is 35.5. The number of hydrogen-bond donors (Lipinski definition) is 0. The number of halogens is 1. The predicted molar refractivity (Wildman–Crippen MR) is 70.0 cm³/mol. The van der Waals surface area contributed by atoms with Gasteiger partial charge in [-0.2, -0.15) is 4.37 Å². The topological polar surface area (TPSA) is 53.5 Å². The largest absolute Gasteiger partial charge is 0.493 e. The summed E-state index contributed by atoms with van der Waals surface area (Å²) in [6.07, 6.45) is 0. The van der Waals surface area contributed by atoms with E-state index in [-0.39, 0.29) is 5.28 Å². The second kappa shape index (κ2) is 5.41.